The van der Waals surface area contributed by atoms with Crippen molar-refractivity contribution >= 4 is 0 Å². The van der Waals surface area contributed by atoms with Crippen LogP contribution in [-0.2, 0) is 0 Å². The van der Waals surface area contributed by atoms with E-state index in [9.17, 15) is 0 Å². The Labute approximate surface area is 113 Å². The van der Waals surface area contributed by atoms with E-state index in [4.69, 9.17) is 5.11 Å². The lowest BCUT2D eigenvalue weighted by molar-refractivity contribution is 0.143. The van der Waals surface area contributed by atoms with Gasteiger partial charge in [0.2, 0.25) is 0 Å². The lowest BCUT2D eigenvalue weighted by Crippen LogP contribution is -2.35. The fourth-order valence-electron chi connectivity index (χ4n) is 2.95. The maximum atomic E-state index is 8.91. The second-order valence-electron chi connectivity index (χ2n) is 5.53. The van der Waals surface area contributed by atoms with E-state index < -0.39 is 0 Å². The van der Waals surface area contributed by atoms with Crippen LogP contribution in [0.1, 0.15) is 46.0 Å². The van der Waals surface area contributed by atoms with Gasteiger partial charge in [-0.25, -0.2) is 0 Å². The zero-order chi connectivity index (χ0) is 13.2. The number of β-amino-alcohol motifs (C(OH)–C–C–N with tert-alkyl or cyclic N) is 1. The van der Waals surface area contributed by atoms with E-state index in [0.29, 0.717) is 6.61 Å². The minimum Gasteiger partial charge on any atom is -0.395 e. The maximum absolute atomic E-state index is 8.91. The third kappa shape index (κ3) is 6.17. The molecule has 0 saturated carbocycles. The molecule has 0 aliphatic carbocycles. The standard InChI is InChI=1S/C15H32N2O/c1-3-16(4-2)10-6-5-7-15-8-11-17(12-9-15)13-14-18/h15,18H,3-14H2,1-2H3. The number of hydrogen-bond acceptors (Lipinski definition) is 3. The van der Waals surface area contributed by atoms with Gasteiger partial charge in [0.1, 0.15) is 0 Å². The van der Waals surface area contributed by atoms with Crippen molar-refractivity contribution in [2.75, 3.05) is 45.9 Å². The molecule has 1 fully saturated rings. The third-order valence-electron chi connectivity index (χ3n) is 4.35. The van der Waals surface area contributed by atoms with Crippen molar-refractivity contribution in [3.63, 3.8) is 0 Å². The highest BCUT2D eigenvalue weighted by Gasteiger charge is 2.18. The molecule has 0 atom stereocenters. The average Bonchev–Trinajstić information content (AvgIpc) is 2.41. The summed E-state index contributed by atoms with van der Waals surface area (Å²) in [5.41, 5.74) is 0. The first-order valence-corrected chi connectivity index (χ1v) is 7.85. The molecule has 3 nitrogen and oxygen atoms in total. The Morgan fingerprint density at radius 1 is 1.11 bits per heavy atom. The van der Waals surface area contributed by atoms with Crippen LogP contribution >= 0.6 is 0 Å². The maximum Gasteiger partial charge on any atom is 0.0558 e. The number of likely N-dealkylation sites (tertiary alicyclic amines) is 1. The van der Waals surface area contributed by atoms with E-state index in [1.54, 1.807) is 0 Å². The van der Waals surface area contributed by atoms with Crippen molar-refractivity contribution in [1.82, 2.24) is 9.80 Å². The van der Waals surface area contributed by atoms with E-state index >= 15 is 0 Å². The normalized spacial score (nSPS) is 18.7. The van der Waals surface area contributed by atoms with Crippen molar-refractivity contribution < 1.29 is 5.11 Å². The van der Waals surface area contributed by atoms with Gasteiger partial charge >= 0.3 is 0 Å². The Morgan fingerprint density at radius 3 is 2.33 bits per heavy atom. The minimum absolute atomic E-state index is 0.314. The van der Waals surface area contributed by atoms with E-state index in [1.165, 1.54) is 64.8 Å². The summed E-state index contributed by atoms with van der Waals surface area (Å²) in [6, 6.07) is 0. The topological polar surface area (TPSA) is 26.7 Å². The zero-order valence-electron chi connectivity index (χ0n) is 12.4. The van der Waals surface area contributed by atoms with Crippen molar-refractivity contribution in [2.24, 2.45) is 5.92 Å². The molecule has 1 heterocycles. The van der Waals surface area contributed by atoms with Gasteiger partial charge in [-0.3, -0.25) is 0 Å². The molecule has 0 unspecified atom stereocenters. The van der Waals surface area contributed by atoms with Crippen LogP contribution < -0.4 is 0 Å². The van der Waals surface area contributed by atoms with E-state index in [0.717, 1.165) is 12.5 Å². The monoisotopic (exact) mass is 256 g/mol. The first kappa shape index (κ1) is 15.9. The van der Waals surface area contributed by atoms with Gasteiger partial charge in [-0.15, -0.1) is 0 Å². The largest absolute Gasteiger partial charge is 0.395 e. The van der Waals surface area contributed by atoms with Crippen molar-refractivity contribution in [3.8, 4) is 0 Å². The van der Waals surface area contributed by atoms with Crippen LogP contribution in [0.25, 0.3) is 0 Å². The van der Waals surface area contributed by atoms with Crippen LogP contribution in [0.3, 0.4) is 0 Å². The molecule has 0 aromatic heterocycles. The first-order chi connectivity index (χ1) is 8.80. The highest BCUT2D eigenvalue weighted by Crippen LogP contribution is 2.22. The predicted molar refractivity (Wildman–Crippen MR) is 77.9 cm³/mol. The lowest BCUT2D eigenvalue weighted by atomic mass is 9.91. The Bertz CT molecular complexity index is 187. The second kappa shape index (κ2) is 9.76. The Morgan fingerprint density at radius 2 is 1.78 bits per heavy atom. The summed E-state index contributed by atoms with van der Waals surface area (Å²) >= 11 is 0. The molecule has 0 spiro atoms. The molecule has 0 aromatic rings. The van der Waals surface area contributed by atoms with Crippen molar-refractivity contribution in [1.29, 1.82) is 0 Å². The van der Waals surface area contributed by atoms with Crippen LogP contribution in [0.4, 0.5) is 0 Å². The van der Waals surface area contributed by atoms with Gasteiger partial charge < -0.3 is 14.9 Å². The fraction of sp³-hybridized carbons (Fsp3) is 1.00. The van der Waals surface area contributed by atoms with Gasteiger partial charge in [-0.1, -0.05) is 26.7 Å². The third-order valence-corrected chi connectivity index (χ3v) is 4.35. The molecular weight excluding hydrogens is 224 g/mol. The highest BCUT2D eigenvalue weighted by molar-refractivity contribution is 4.72. The average molecular weight is 256 g/mol. The quantitative estimate of drug-likeness (QED) is 0.641. The summed E-state index contributed by atoms with van der Waals surface area (Å²) in [5.74, 6) is 0.941. The number of hydrogen-bond donors (Lipinski definition) is 1. The summed E-state index contributed by atoms with van der Waals surface area (Å²) < 4.78 is 0. The van der Waals surface area contributed by atoms with Gasteiger partial charge in [0, 0.05) is 6.54 Å². The molecule has 3 heteroatoms. The predicted octanol–water partition coefficient (Wildman–Crippen LogP) is 2.20. The van der Waals surface area contributed by atoms with Gasteiger partial charge in [-0.2, -0.15) is 0 Å². The fourth-order valence-corrected chi connectivity index (χ4v) is 2.95. The molecule has 0 aromatic carbocycles. The molecule has 1 saturated heterocycles. The van der Waals surface area contributed by atoms with Gasteiger partial charge in [0.05, 0.1) is 6.61 Å². The van der Waals surface area contributed by atoms with Crippen molar-refractivity contribution in [3.05, 3.63) is 0 Å². The molecule has 0 radical (unpaired) electrons. The van der Waals surface area contributed by atoms with Crippen LogP contribution in [-0.4, -0.2) is 60.8 Å². The summed E-state index contributed by atoms with van der Waals surface area (Å²) in [4.78, 5) is 4.91. The van der Waals surface area contributed by atoms with E-state index in [-0.39, 0.29) is 0 Å². The van der Waals surface area contributed by atoms with Gasteiger partial charge in [0.25, 0.3) is 0 Å². The molecular formula is C15H32N2O. The Hall–Kier alpha value is -0.120. The summed E-state index contributed by atoms with van der Waals surface area (Å²) in [6.45, 7) is 11.7. The molecule has 1 aliphatic heterocycles. The highest BCUT2D eigenvalue weighted by atomic mass is 16.3. The number of piperidine rings is 1. The first-order valence-electron chi connectivity index (χ1n) is 7.85. The Balaban J connectivity index is 2.00. The molecule has 1 N–H and O–H groups in total. The van der Waals surface area contributed by atoms with Crippen LogP contribution in [0.5, 0.6) is 0 Å². The van der Waals surface area contributed by atoms with E-state index in [1.807, 2.05) is 0 Å². The summed E-state index contributed by atoms with van der Waals surface area (Å²) in [6.07, 6.45) is 6.84. The smallest absolute Gasteiger partial charge is 0.0558 e. The molecule has 108 valence electrons. The number of nitrogens with zero attached hydrogens (tertiary/aromatic N) is 2. The molecule has 0 amide bonds. The second-order valence-corrected chi connectivity index (χ2v) is 5.53. The minimum atomic E-state index is 0.314. The van der Waals surface area contributed by atoms with Crippen LogP contribution in [0, 0.1) is 5.92 Å². The number of aliphatic hydroxyl groups is 1. The SMILES string of the molecule is CCN(CC)CCCCC1CCN(CCO)CC1. The number of aliphatic hydroxyl groups excluding tert-OH is 1. The molecule has 18 heavy (non-hydrogen) atoms. The summed E-state index contributed by atoms with van der Waals surface area (Å²) in [5, 5.41) is 8.91. The molecule has 0 bridgehead atoms. The van der Waals surface area contributed by atoms with Gasteiger partial charge in [-0.05, 0) is 57.9 Å². The Kier molecular flexibility index (Phi) is 8.64. The number of unbranched alkanes of at least 4 members (excludes halogenated alkanes) is 1. The lowest BCUT2D eigenvalue weighted by Gasteiger charge is -2.31. The molecule has 1 rings (SSSR count). The number of rotatable bonds is 9. The van der Waals surface area contributed by atoms with Crippen LogP contribution in [0.15, 0.2) is 0 Å². The van der Waals surface area contributed by atoms with Gasteiger partial charge in [0.15, 0.2) is 0 Å². The summed E-state index contributed by atoms with van der Waals surface area (Å²) in [7, 11) is 0. The molecule has 1 aliphatic rings. The van der Waals surface area contributed by atoms with E-state index in [2.05, 4.69) is 23.6 Å². The van der Waals surface area contributed by atoms with Crippen LogP contribution in [0.2, 0.25) is 0 Å². The van der Waals surface area contributed by atoms with Crippen molar-refractivity contribution in [2.45, 2.75) is 46.0 Å². The zero-order valence-corrected chi connectivity index (χ0v) is 12.4.